The van der Waals surface area contributed by atoms with Crippen molar-refractivity contribution >= 4 is 29.0 Å². The number of ether oxygens (including phenoxy) is 1. The number of urea groups is 1. The van der Waals surface area contributed by atoms with Crippen molar-refractivity contribution in [2.24, 2.45) is 0 Å². The Morgan fingerprint density at radius 3 is 2.42 bits per heavy atom. The van der Waals surface area contributed by atoms with E-state index in [4.69, 9.17) is 4.74 Å². The van der Waals surface area contributed by atoms with Crippen LogP contribution in [-0.4, -0.2) is 48.5 Å². The topological polar surface area (TPSA) is 61.9 Å². The van der Waals surface area contributed by atoms with Gasteiger partial charge in [-0.3, -0.25) is 4.79 Å². The molecule has 3 rings (SSSR count). The summed E-state index contributed by atoms with van der Waals surface area (Å²) in [5.74, 6) is -0.274. The van der Waals surface area contributed by atoms with Gasteiger partial charge in [0.1, 0.15) is 6.54 Å². The number of thiophene rings is 1. The van der Waals surface area contributed by atoms with Crippen LogP contribution in [0.25, 0.3) is 0 Å². The van der Waals surface area contributed by atoms with Gasteiger partial charge in [-0.25, -0.2) is 4.79 Å². The van der Waals surface area contributed by atoms with Gasteiger partial charge in [-0.05, 0) is 41.6 Å². The van der Waals surface area contributed by atoms with Gasteiger partial charge in [-0.1, -0.05) is 42.5 Å². The zero-order valence-corrected chi connectivity index (χ0v) is 20.6. The first kappa shape index (κ1) is 27.2. The number of carbonyl (C=O) groups excluding carboxylic acids is 2. The second kappa shape index (κ2) is 13.1. The number of rotatable bonds is 11. The third-order valence-corrected chi connectivity index (χ3v) is 6.19. The largest absolute Gasteiger partial charge is 0.416 e. The van der Waals surface area contributed by atoms with Gasteiger partial charge >= 0.3 is 12.2 Å². The lowest BCUT2D eigenvalue weighted by molar-refractivity contribution is -0.137. The maximum Gasteiger partial charge on any atom is 0.416 e. The van der Waals surface area contributed by atoms with Gasteiger partial charge in [0, 0.05) is 37.4 Å². The molecule has 192 valence electrons. The summed E-state index contributed by atoms with van der Waals surface area (Å²) in [7, 11) is 1.53. The van der Waals surface area contributed by atoms with E-state index in [-0.39, 0.29) is 24.7 Å². The zero-order chi connectivity index (χ0) is 26.0. The lowest BCUT2D eigenvalue weighted by Crippen LogP contribution is -2.44. The molecule has 0 aliphatic heterocycles. The lowest BCUT2D eigenvalue weighted by atomic mass is 10.2. The molecule has 2 aromatic carbocycles. The second-order valence-electron chi connectivity index (χ2n) is 8.09. The molecule has 0 saturated carbocycles. The summed E-state index contributed by atoms with van der Waals surface area (Å²) in [5, 5.41) is 4.43. The number of carbonyl (C=O) groups is 2. The minimum absolute atomic E-state index is 0.00116. The molecular weight excluding hydrogens is 491 g/mol. The number of methoxy groups -OCH3 is 1. The molecule has 36 heavy (non-hydrogen) atoms. The van der Waals surface area contributed by atoms with Crippen molar-refractivity contribution in [3.05, 3.63) is 88.1 Å². The Kier molecular flexibility index (Phi) is 9.89. The van der Waals surface area contributed by atoms with Crippen LogP contribution < -0.4 is 5.32 Å². The monoisotopic (exact) mass is 519 g/mol. The Bertz CT molecular complexity index is 1110. The minimum Gasteiger partial charge on any atom is -0.385 e. The molecule has 0 saturated heterocycles. The molecule has 0 unspecified atom stereocenters. The highest BCUT2D eigenvalue weighted by Crippen LogP contribution is 2.30. The molecule has 10 heteroatoms. The predicted molar refractivity (Wildman–Crippen MR) is 134 cm³/mol. The van der Waals surface area contributed by atoms with Crippen LogP contribution in [0.1, 0.15) is 22.4 Å². The first-order valence-corrected chi connectivity index (χ1v) is 12.2. The molecule has 0 fully saturated rings. The van der Waals surface area contributed by atoms with Crippen molar-refractivity contribution < 1.29 is 27.5 Å². The van der Waals surface area contributed by atoms with Crippen LogP contribution in [0.4, 0.5) is 23.7 Å². The fourth-order valence-corrected chi connectivity index (χ4v) is 4.24. The minimum atomic E-state index is -4.53. The van der Waals surface area contributed by atoms with Gasteiger partial charge in [0.2, 0.25) is 5.91 Å². The second-order valence-corrected chi connectivity index (χ2v) is 9.12. The standard InChI is InChI=1S/C26H28F3N3O3S/c1-35-14-7-13-31(25(34)30-22-11-5-10-21(16-22)26(27,28)29)19-24(33)32(18-23-12-6-15-36-23)17-20-8-3-2-4-9-20/h2-6,8-12,15-16H,7,13-14,17-19H2,1H3,(H,30,34). The zero-order valence-electron chi connectivity index (χ0n) is 19.8. The molecule has 0 aliphatic carbocycles. The maximum absolute atomic E-state index is 13.4. The van der Waals surface area contributed by atoms with E-state index < -0.39 is 17.8 Å². The molecule has 3 aromatic rings. The van der Waals surface area contributed by atoms with Crippen molar-refractivity contribution in [2.75, 3.05) is 32.1 Å². The molecule has 0 spiro atoms. The number of benzene rings is 2. The van der Waals surface area contributed by atoms with E-state index in [0.29, 0.717) is 26.1 Å². The van der Waals surface area contributed by atoms with Crippen LogP contribution in [0.15, 0.2) is 72.1 Å². The molecule has 0 bridgehead atoms. The van der Waals surface area contributed by atoms with Crippen LogP contribution >= 0.6 is 11.3 Å². The Morgan fingerprint density at radius 2 is 1.75 bits per heavy atom. The average Bonchev–Trinajstić information content (AvgIpc) is 3.36. The summed E-state index contributed by atoms with van der Waals surface area (Å²) in [6, 6.07) is 17.1. The molecule has 0 atom stereocenters. The predicted octanol–water partition coefficient (Wildman–Crippen LogP) is 5.87. The number of anilines is 1. The van der Waals surface area contributed by atoms with Gasteiger partial charge < -0.3 is 19.9 Å². The molecular formula is C26H28F3N3O3S. The molecule has 6 nitrogen and oxygen atoms in total. The Balaban J connectivity index is 1.76. The van der Waals surface area contributed by atoms with E-state index in [9.17, 15) is 22.8 Å². The van der Waals surface area contributed by atoms with Crippen molar-refractivity contribution in [3.8, 4) is 0 Å². The molecule has 1 heterocycles. The summed E-state index contributed by atoms with van der Waals surface area (Å²) in [6.45, 7) is 1.07. The maximum atomic E-state index is 13.4. The quantitative estimate of drug-likeness (QED) is 0.323. The third-order valence-electron chi connectivity index (χ3n) is 5.33. The highest BCUT2D eigenvalue weighted by atomic mass is 32.1. The molecule has 0 radical (unpaired) electrons. The smallest absolute Gasteiger partial charge is 0.385 e. The number of hydrogen-bond donors (Lipinski definition) is 1. The highest BCUT2D eigenvalue weighted by molar-refractivity contribution is 7.09. The SMILES string of the molecule is COCCCN(CC(=O)N(Cc1ccccc1)Cc1cccs1)C(=O)Nc1cccc(C(F)(F)F)c1. The van der Waals surface area contributed by atoms with Crippen LogP contribution in [0.3, 0.4) is 0 Å². The summed E-state index contributed by atoms with van der Waals surface area (Å²) < 4.78 is 44.3. The number of hydrogen-bond acceptors (Lipinski definition) is 4. The lowest BCUT2D eigenvalue weighted by Gasteiger charge is -2.28. The number of nitrogens with zero attached hydrogens (tertiary/aromatic N) is 2. The fraction of sp³-hybridized carbons (Fsp3) is 0.308. The molecule has 1 aromatic heterocycles. The van der Waals surface area contributed by atoms with Gasteiger partial charge in [-0.15, -0.1) is 11.3 Å². The number of halogens is 3. The number of amides is 3. The molecule has 0 aliphatic rings. The Hall–Kier alpha value is -3.37. The van der Waals surface area contributed by atoms with Gasteiger partial charge in [0.25, 0.3) is 0 Å². The van der Waals surface area contributed by atoms with Crippen LogP contribution in [-0.2, 0) is 28.8 Å². The van der Waals surface area contributed by atoms with E-state index in [2.05, 4.69) is 5.32 Å². The molecule has 3 amide bonds. The van der Waals surface area contributed by atoms with Crippen molar-refractivity contribution in [1.29, 1.82) is 0 Å². The Labute approximate surface area is 212 Å². The van der Waals surface area contributed by atoms with E-state index in [1.54, 1.807) is 4.90 Å². The highest BCUT2D eigenvalue weighted by Gasteiger charge is 2.30. The van der Waals surface area contributed by atoms with E-state index in [1.807, 2.05) is 47.8 Å². The summed E-state index contributed by atoms with van der Waals surface area (Å²) in [5.41, 5.74) is 0.0767. The summed E-state index contributed by atoms with van der Waals surface area (Å²) in [4.78, 5) is 30.4. The van der Waals surface area contributed by atoms with Crippen LogP contribution in [0, 0.1) is 0 Å². The van der Waals surface area contributed by atoms with E-state index in [1.165, 1.54) is 35.5 Å². The Morgan fingerprint density at radius 1 is 0.972 bits per heavy atom. The van der Waals surface area contributed by atoms with Gasteiger partial charge in [0.15, 0.2) is 0 Å². The number of alkyl halides is 3. The fourth-order valence-electron chi connectivity index (χ4n) is 3.52. The van der Waals surface area contributed by atoms with Crippen molar-refractivity contribution in [3.63, 3.8) is 0 Å². The van der Waals surface area contributed by atoms with Crippen molar-refractivity contribution in [1.82, 2.24) is 9.80 Å². The average molecular weight is 520 g/mol. The van der Waals surface area contributed by atoms with Crippen molar-refractivity contribution in [2.45, 2.75) is 25.7 Å². The van der Waals surface area contributed by atoms with Crippen LogP contribution in [0.2, 0.25) is 0 Å². The van der Waals surface area contributed by atoms with Gasteiger partial charge in [0.05, 0.1) is 12.1 Å². The van der Waals surface area contributed by atoms with E-state index in [0.717, 1.165) is 22.6 Å². The van der Waals surface area contributed by atoms with E-state index >= 15 is 0 Å². The van der Waals surface area contributed by atoms with Gasteiger partial charge in [-0.2, -0.15) is 13.2 Å². The normalized spacial score (nSPS) is 11.2. The first-order chi connectivity index (χ1) is 17.3. The first-order valence-electron chi connectivity index (χ1n) is 11.3. The summed E-state index contributed by atoms with van der Waals surface area (Å²) in [6.07, 6.45) is -4.07. The summed E-state index contributed by atoms with van der Waals surface area (Å²) >= 11 is 1.53. The third kappa shape index (κ3) is 8.39. The molecule has 1 N–H and O–H groups in total. The number of nitrogens with one attached hydrogen (secondary N) is 1. The van der Waals surface area contributed by atoms with Crippen LogP contribution in [0.5, 0.6) is 0 Å².